The summed E-state index contributed by atoms with van der Waals surface area (Å²) in [5, 5.41) is 3.32. The third-order valence-electron chi connectivity index (χ3n) is 4.04. The molecule has 1 amide bonds. The van der Waals surface area contributed by atoms with Gasteiger partial charge in [-0.25, -0.2) is 8.42 Å². The van der Waals surface area contributed by atoms with E-state index in [-0.39, 0.29) is 33.5 Å². The molecule has 0 heterocycles. The number of carbonyl (C=O) groups excluding carboxylic acids is 1. The molecule has 0 bridgehead atoms. The zero-order chi connectivity index (χ0) is 21.1. The summed E-state index contributed by atoms with van der Waals surface area (Å²) in [4.78, 5) is 13.0. The Balaban J connectivity index is 2.59. The van der Waals surface area contributed by atoms with Crippen molar-refractivity contribution < 1.29 is 22.7 Å². The minimum absolute atomic E-state index is 0.0632. The molecule has 0 aliphatic rings. The molecule has 0 fully saturated rings. The fourth-order valence-electron chi connectivity index (χ4n) is 2.44. The minimum Gasteiger partial charge on any atom is -0.493 e. The number of anilines is 2. The highest BCUT2D eigenvalue weighted by Crippen LogP contribution is 2.36. The molecule has 1 N–H and O–H groups in total. The number of rotatable bonds is 7. The zero-order valence-corrected chi connectivity index (χ0v) is 18.1. The van der Waals surface area contributed by atoms with Gasteiger partial charge in [-0.3, -0.25) is 9.10 Å². The van der Waals surface area contributed by atoms with E-state index in [2.05, 4.69) is 5.32 Å². The van der Waals surface area contributed by atoms with Crippen molar-refractivity contribution in [1.82, 2.24) is 0 Å². The summed E-state index contributed by atoms with van der Waals surface area (Å²) < 4.78 is 36.3. The third kappa shape index (κ3) is 4.63. The molecule has 2 aromatic carbocycles. The molecule has 10 heteroatoms. The van der Waals surface area contributed by atoms with E-state index < -0.39 is 15.9 Å². The molecule has 2 aromatic rings. The van der Waals surface area contributed by atoms with Crippen LogP contribution in [0.5, 0.6) is 11.5 Å². The maximum absolute atomic E-state index is 13.0. The van der Waals surface area contributed by atoms with E-state index in [1.54, 1.807) is 12.1 Å². The largest absolute Gasteiger partial charge is 0.493 e. The monoisotopic (exact) mass is 446 g/mol. The topological polar surface area (TPSA) is 84.9 Å². The molecule has 0 spiro atoms. The van der Waals surface area contributed by atoms with Gasteiger partial charge in [0, 0.05) is 18.1 Å². The van der Waals surface area contributed by atoms with Crippen LogP contribution in [0, 0.1) is 0 Å². The van der Waals surface area contributed by atoms with Crippen LogP contribution in [0.1, 0.15) is 17.3 Å². The van der Waals surface area contributed by atoms with Gasteiger partial charge in [0.05, 0.1) is 41.9 Å². The number of methoxy groups -OCH3 is 2. The zero-order valence-electron chi connectivity index (χ0n) is 15.7. The number of amides is 1. The summed E-state index contributed by atoms with van der Waals surface area (Å²) in [6, 6.07) is 7.46. The second-order valence-corrected chi connectivity index (χ2v) is 8.80. The van der Waals surface area contributed by atoms with Crippen LogP contribution < -0.4 is 19.1 Å². The van der Waals surface area contributed by atoms with Crippen LogP contribution in [0.4, 0.5) is 11.4 Å². The molecule has 0 saturated heterocycles. The first-order valence-corrected chi connectivity index (χ1v) is 10.5. The molecule has 0 aromatic heterocycles. The molecule has 0 unspecified atom stereocenters. The van der Waals surface area contributed by atoms with Crippen molar-refractivity contribution >= 4 is 50.5 Å². The van der Waals surface area contributed by atoms with Crippen LogP contribution in [0.3, 0.4) is 0 Å². The quantitative estimate of drug-likeness (QED) is 0.693. The first-order valence-electron chi connectivity index (χ1n) is 8.13. The molecule has 152 valence electrons. The summed E-state index contributed by atoms with van der Waals surface area (Å²) in [6.07, 6.45) is 0. The van der Waals surface area contributed by atoms with Gasteiger partial charge in [-0.15, -0.1) is 0 Å². The number of hydrogen-bond donors (Lipinski definition) is 1. The first kappa shape index (κ1) is 22.1. The Morgan fingerprint density at radius 1 is 1.11 bits per heavy atom. The van der Waals surface area contributed by atoms with Crippen molar-refractivity contribution in [1.29, 1.82) is 0 Å². The first-order chi connectivity index (χ1) is 13.1. The second kappa shape index (κ2) is 8.89. The van der Waals surface area contributed by atoms with Crippen LogP contribution >= 0.6 is 23.2 Å². The predicted molar refractivity (Wildman–Crippen MR) is 112 cm³/mol. The van der Waals surface area contributed by atoms with Crippen molar-refractivity contribution in [2.24, 2.45) is 0 Å². The number of halogens is 2. The van der Waals surface area contributed by atoms with E-state index >= 15 is 0 Å². The lowest BCUT2D eigenvalue weighted by molar-refractivity contribution is 0.102. The smallest absolute Gasteiger partial charge is 0.257 e. The van der Waals surface area contributed by atoms with Crippen LogP contribution in [0.15, 0.2) is 30.3 Å². The number of nitrogens with one attached hydrogen (secondary N) is 1. The Kier molecular flexibility index (Phi) is 7.03. The lowest BCUT2D eigenvalue weighted by Gasteiger charge is -2.23. The average molecular weight is 447 g/mol. The fourth-order valence-corrected chi connectivity index (χ4v) is 3.61. The van der Waals surface area contributed by atoms with E-state index in [1.807, 2.05) is 0 Å². The normalized spacial score (nSPS) is 11.1. The van der Waals surface area contributed by atoms with E-state index in [4.69, 9.17) is 32.7 Å². The highest BCUT2D eigenvalue weighted by atomic mass is 35.5. The molecular weight excluding hydrogens is 427 g/mol. The van der Waals surface area contributed by atoms with E-state index in [0.29, 0.717) is 10.7 Å². The van der Waals surface area contributed by atoms with Gasteiger partial charge in [0.1, 0.15) is 0 Å². The SMILES string of the molecule is CCS(=O)(=O)N(C)c1cc(OC)c(OC)cc1C(=O)Nc1cc(Cl)ccc1Cl. The lowest BCUT2D eigenvalue weighted by atomic mass is 10.1. The Bertz CT molecular complexity index is 996. The third-order valence-corrected chi connectivity index (χ3v) is 6.37. The highest BCUT2D eigenvalue weighted by molar-refractivity contribution is 7.92. The molecule has 0 aliphatic heterocycles. The summed E-state index contributed by atoms with van der Waals surface area (Å²) in [7, 11) is 0.569. The summed E-state index contributed by atoms with van der Waals surface area (Å²) in [6.45, 7) is 1.51. The van der Waals surface area contributed by atoms with Gasteiger partial charge in [-0.2, -0.15) is 0 Å². The van der Waals surface area contributed by atoms with E-state index in [0.717, 1.165) is 4.31 Å². The van der Waals surface area contributed by atoms with Crippen molar-refractivity contribution in [3.05, 3.63) is 45.9 Å². The Morgan fingerprint density at radius 2 is 1.71 bits per heavy atom. The van der Waals surface area contributed by atoms with Gasteiger partial charge in [0.25, 0.3) is 5.91 Å². The van der Waals surface area contributed by atoms with Crippen molar-refractivity contribution in [3.63, 3.8) is 0 Å². The summed E-state index contributed by atoms with van der Waals surface area (Å²) >= 11 is 12.1. The van der Waals surface area contributed by atoms with Gasteiger partial charge in [-0.05, 0) is 31.2 Å². The fraction of sp³-hybridized carbons (Fsp3) is 0.278. The van der Waals surface area contributed by atoms with Gasteiger partial charge in [0.15, 0.2) is 11.5 Å². The van der Waals surface area contributed by atoms with E-state index in [1.165, 1.54) is 46.4 Å². The maximum atomic E-state index is 13.0. The van der Waals surface area contributed by atoms with Gasteiger partial charge < -0.3 is 14.8 Å². The predicted octanol–water partition coefficient (Wildman–Crippen LogP) is 4.05. The van der Waals surface area contributed by atoms with E-state index in [9.17, 15) is 13.2 Å². The summed E-state index contributed by atoms with van der Waals surface area (Å²) in [5.41, 5.74) is 0.490. The van der Waals surface area contributed by atoms with Crippen LogP contribution in [0.2, 0.25) is 10.0 Å². The van der Waals surface area contributed by atoms with Crippen molar-refractivity contribution in [2.75, 3.05) is 36.6 Å². The van der Waals surface area contributed by atoms with Crippen LogP contribution in [0.25, 0.3) is 0 Å². The second-order valence-electron chi connectivity index (χ2n) is 5.67. The van der Waals surface area contributed by atoms with Crippen LogP contribution in [-0.2, 0) is 10.0 Å². The average Bonchev–Trinajstić information content (AvgIpc) is 2.68. The number of sulfonamides is 1. The number of nitrogens with zero attached hydrogens (tertiary/aromatic N) is 1. The van der Waals surface area contributed by atoms with Gasteiger partial charge in [-0.1, -0.05) is 23.2 Å². The lowest BCUT2D eigenvalue weighted by Crippen LogP contribution is -2.30. The minimum atomic E-state index is -3.63. The summed E-state index contributed by atoms with van der Waals surface area (Å²) in [5.74, 6) is -0.166. The molecule has 0 radical (unpaired) electrons. The highest BCUT2D eigenvalue weighted by Gasteiger charge is 2.25. The van der Waals surface area contributed by atoms with Crippen molar-refractivity contribution in [3.8, 4) is 11.5 Å². The number of carbonyl (C=O) groups is 1. The van der Waals surface area contributed by atoms with Crippen LogP contribution in [-0.4, -0.2) is 41.3 Å². The van der Waals surface area contributed by atoms with Gasteiger partial charge >= 0.3 is 0 Å². The maximum Gasteiger partial charge on any atom is 0.257 e. The molecule has 0 aliphatic carbocycles. The Labute approximate surface area is 174 Å². The molecular formula is C18H20Cl2N2O5S. The number of ether oxygens (including phenoxy) is 2. The molecule has 2 rings (SSSR count). The molecule has 28 heavy (non-hydrogen) atoms. The Hall–Kier alpha value is -2.16. The molecule has 7 nitrogen and oxygen atoms in total. The number of hydrogen-bond acceptors (Lipinski definition) is 5. The van der Waals surface area contributed by atoms with Gasteiger partial charge in [0.2, 0.25) is 10.0 Å². The number of benzene rings is 2. The molecule has 0 atom stereocenters. The van der Waals surface area contributed by atoms with Crippen molar-refractivity contribution in [2.45, 2.75) is 6.92 Å². The molecule has 0 saturated carbocycles. The Morgan fingerprint density at radius 3 is 2.29 bits per heavy atom. The standard InChI is InChI=1S/C18H20Cl2N2O5S/c1-5-28(24,25)22(2)15-10-17(27-4)16(26-3)9-12(15)18(23)21-14-8-11(19)6-7-13(14)20/h6-10H,5H2,1-4H3,(H,21,23).